The van der Waals surface area contributed by atoms with Crippen molar-refractivity contribution in [1.82, 2.24) is 4.90 Å². The van der Waals surface area contributed by atoms with Gasteiger partial charge in [-0.3, -0.25) is 4.90 Å². The summed E-state index contributed by atoms with van der Waals surface area (Å²) in [6, 6.07) is 6.94. The van der Waals surface area contributed by atoms with E-state index in [0.29, 0.717) is 24.2 Å². The number of ether oxygens (including phenoxy) is 2. The van der Waals surface area contributed by atoms with Crippen molar-refractivity contribution in [3.63, 3.8) is 0 Å². The molecule has 0 radical (unpaired) electrons. The van der Waals surface area contributed by atoms with Crippen molar-refractivity contribution in [2.45, 2.75) is 12.5 Å². The van der Waals surface area contributed by atoms with Crippen LogP contribution in [0, 0.1) is 23.1 Å². The normalized spacial score (nSPS) is 23.4. The van der Waals surface area contributed by atoms with E-state index in [0.717, 1.165) is 45.9 Å². The number of nitrogens with zero attached hydrogens (tertiary/aromatic N) is 2. The van der Waals surface area contributed by atoms with Crippen LogP contribution in [-0.2, 0) is 9.47 Å². The standard InChI is InChI=1S/C17H22FN3O2/c18-15-2-1-3-16(14(15)10-19)20-11-17(13-4-7-23-12-13)21-5-8-22-9-6-21/h1-3,13,17,20H,4-9,11-12H2/t13-,17+/m0/s1. The first-order valence-corrected chi connectivity index (χ1v) is 8.11. The summed E-state index contributed by atoms with van der Waals surface area (Å²) in [7, 11) is 0. The third kappa shape index (κ3) is 3.81. The summed E-state index contributed by atoms with van der Waals surface area (Å²) in [5, 5.41) is 12.4. The zero-order valence-electron chi connectivity index (χ0n) is 13.1. The minimum Gasteiger partial charge on any atom is -0.382 e. The Bertz CT molecular complexity index is 563. The fourth-order valence-corrected chi connectivity index (χ4v) is 3.36. The molecular weight excluding hydrogens is 297 g/mol. The predicted octanol–water partition coefficient (Wildman–Crippen LogP) is 1.85. The van der Waals surface area contributed by atoms with E-state index < -0.39 is 5.82 Å². The van der Waals surface area contributed by atoms with E-state index in [9.17, 15) is 4.39 Å². The van der Waals surface area contributed by atoms with Crippen LogP contribution in [0.1, 0.15) is 12.0 Å². The Balaban J connectivity index is 1.71. The van der Waals surface area contributed by atoms with Gasteiger partial charge in [-0.25, -0.2) is 4.39 Å². The molecule has 0 unspecified atom stereocenters. The first kappa shape index (κ1) is 16.2. The van der Waals surface area contributed by atoms with Crippen LogP contribution in [0.4, 0.5) is 10.1 Å². The molecule has 1 N–H and O–H groups in total. The van der Waals surface area contributed by atoms with Gasteiger partial charge in [0.15, 0.2) is 0 Å². The van der Waals surface area contributed by atoms with Crippen molar-refractivity contribution in [3.05, 3.63) is 29.6 Å². The van der Waals surface area contributed by atoms with Crippen LogP contribution in [0.25, 0.3) is 0 Å². The van der Waals surface area contributed by atoms with E-state index in [1.54, 1.807) is 12.1 Å². The van der Waals surface area contributed by atoms with Crippen molar-refractivity contribution < 1.29 is 13.9 Å². The number of hydrogen-bond donors (Lipinski definition) is 1. The van der Waals surface area contributed by atoms with E-state index in [4.69, 9.17) is 14.7 Å². The van der Waals surface area contributed by atoms with E-state index in [-0.39, 0.29) is 5.56 Å². The molecule has 2 saturated heterocycles. The molecule has 1 aromatic carbocycles. The zero-order valence-corrected chi connectivity index (χ0v) is 13.1. The number of rotatable bonds is 5. The number of anilines is 1. The maximum absolute atomic E-state index is 13.7. The SMILES string of the molecule is N#Cc1c(F)cccc1NC[C@H]([C@H]1CCOC1)N1CCOCC1. The molecule has 1 aromatic rings. The van der Waals surface area contributed by atoms with Crippen LogP contribution >= 0.6 is 0 Å². The second-order valence-electron chi connectivity index (χ2n) is 5.99. The second kappa shape index (κ2) is 7.73. The minimum absolute atomic E-state index is 0.0795. The Morgan fingerprint density at radius 1 is 1.30 bits per heavy atom. The van der Waals surface area contributed by atoms with Gasteiger partial charge in [-0.2, -0.15) is 5.26 Å². The van der Waals surface area contributed by atoms with Crippen LogP contribution in [0.2, 0.25) is 0 Å². The first-order valence-electron chi connectivity index (χ1n) is 8.11. The van der Waals surface area contributed by atoms with Crippen LogP contribution in [0.5, 0.6) is 0 Å². The number of halogens is 1. The van der Waals surface area contributed by atoms with Gasteiger partial charge in [-0.05, 0) is 18.6 Å². The van der Waals surface area contributed by atoms with E-state index in [1.807, 2.05) is 6.07 Å². The lowest BCUT2D eigenvalue weighted by Gasteiger charge is -2.37. The summed E-state index contributed by atoms with van der Waals surface area (Å²) < 4.78 is 24.7. The van der Waals surface area contributed by atoms with Gasteiger partial charge in [0.1, 0.15) is 17.4 Å². The van der Waals surface area contributed by atoms with Gasteiger partial charge in [-0.15, -0.1) is 0 Å². The monoisotopic (exact) mass is 319 g/mol. The lowest BCUT2D eigenvalue weighted by atomic mass is 9.96. The average Bonchev–Trinajstić information content (AvgIpc) is 3.10. The Kier molecular flexibility index (Phi) is 5.44. The maximum atomic E-state index is 13.7. The smallest absolute Gasteiger partial charge is 0.143 e. The summed E-state index contributed by atoms with van der Waals surface area (Å²) >= 11 is 0. The molecule has 23 heavy (non-hydrogen) atoms. The topological polar surface area (TPSA) is 57.5 Å². The molecule has 0 spiro atoms. The number of morpholine rings is 1. The Labute approximate surface area is 136 Å². The van der Waals surface area contributed by atoms with Crippen molar-refractivity contribution >= 4 is 5.69 Å². The molecule has 124 valence electrons. The van der Waals surface area contributed by atoms with E-state index in [2.05, 4.69) is 10.2 Å². The lowest BCUT2D eigenvalue weighted by molar-refractivity contribution is 0.00461. The Hall–Kier alpha value is -1.68. The number of hydrogen-bond acceptors (Lipinski definition) is 5. The molecule has 0 saturated carbocycles. The van der Waals surface area contributed by atoms with E-state index >= 15 is 0 Å². The lowest BCUT2D eigenvalue weighted by Crippen LogP contribution is -2.50. The van der Waals surface area contributed by atoms with Crippen LogP contribution in [0.15, 0.2) is 18.2 Å². The maximum Gasteiger partial charge on any atom is 0.143 e. The fourth-order valence-electron chi connectivity index (χ4n) is 3.36. The van der Waals surface area contributed by atoms with Gasteiger partial charge >= 0.3 is 0 Å². The third-order valence-corrected chi connectivity index (χ3v) is 4.65. The minimum atomic E-state index is -0.482. The van der Waals surface area contributed by atoms with Crippen molar-refractivity contribution in [2.75, 3.05) is 51.4 Å². The summed E-state index contributed by atoms with van der Waals surface area (Å²) in [5.74, 6) is -0.0238. The van der Waals surface area contributed by atoms with Gasteiger partial charge < -0.3 is 14.8 Å². The van der Waals surface area contributed by atoms with Crippen molar-refractivity contribution in [1.29, 1.82) is 5.26 Å². The van der Waals surface area contributed by atoms with Crippen LogP contribution < -0.4 is 5.32 Å². The highest BCUT2D eigenvalue weighted by Crippen LogP contribution is 2.24. The molecule has 0 aliphatic carbocycles. The number of benzene rings is 1. The molecule has 2 aliphatic rings. The van der Waals surface area contributed by atoms with Gasteiger partial charge in [0.25, 0.3) is 0 Å². The fraction of sp³-hybridized carbons (Fsp3) is 0.588. The van der Waals surface area contributed by atoms with Gasteiger partial charge in [0, 0.05) is 38.2 Å². The largest absolute Gasteiger partial charge is 0.382 e. The summed E-state index contributed by atoms with van der Waals surface area (Å²) in [6.45, 7) is 5.52. The van der Waals surface area contributed by atoms with Gasteiger partial charge in [0.05, 0.1) is 25.5 Å². The molecular formula is C17H22FN3O2. The first-order chi connectivity index (χ1) is 11.3. The summed E-state index contributed by atoms with van der Waals surface area (Å²) in [5.41, 5.74) is 0.639. The molecule has 0 amide bonds. The number of nitriles is 1. The van der Waals surface area contributed by atoms with Crippen molar-refractivity contribution in [2.24, 2.45) is 5.92 Å². The molecule has 0 bridgehead atoms. The highest BCUT2D eigenvalue weighted by molar-refractivity contribution is 5.57. The molecule has 5 nitrogen and oxygen atoms in total. The van der Waals surface area contributed by atoms with Crippen LogP contribution in [-0.4, -0.2) is 57.0 Å². The number of nitrogens with one attached hydrogen (secondary N) is 1. The van der Waals surface area contributed by atoms with Crippen molar-refractivity contribution in [3.8, 4) is 6.07 Å². The molecule has 0 aromatic heterocycles. The third-order valence-electron chi connectivity index (χ3n) is 4.65. The van der Waals surface area contributed by atoms with E-state index in [1.165, 1.54) is 6.07 Å². The molecule has 2 aliphatic heterocycles. The highest BCUT2D eigenvalue weighted by atomic mass is 19.1. The van der Waals surface area contributed by atoms with Gasteiger partial charge in [-0.1, -0.05) is 6.07 Å². The Morgan fingerprint density at radius 2 is 2.13 bits per heavy atom. The Morgan fingerprint density at radius 3 is 2.83 bits per heavy atom. The molecule has 2 heterocycles. The summed E-state index contributed by atoms with van der Waals surface area (Å²) in [4.78, 5) is 2.42. The molecule has 2 fully saturated rings. The molecule has 2 atom stereocenters. The van der Waals surface area contributed by atoms with Gasteiger partial charge in [0.2, 0.25) is 0 Å². The van der Waals surface area contributed by atoms with Crippen LogP contribution in [0.3, 0.4) is 0 Å². The zero-order chi connectivity index (χ0) is 16.1. The molecule has 6 heteroatoms. The average molecular weight is 319 g/mol. The quantitative estimate of drug-likeness (QED) is 0.897. The second-order valence-corrected chi connectivity index (χ2v) is 5.99. The highest BCUT2D eigenvalue weighted by Gasteiger charge is 2.31. The summed E-state index contributed by atoms with van der Waals surface area (Å²) in [6.07, 6.45) is 1.04. The predicted molar refractivity (Wildman–Crippen MR) is 84.7 cm³/mol. The molecule has 3 rings (SSSR count).